The number of nitrogens with zero attached hydrogens (tertiary/aromatic N) is 2. The van der Waals surface area contributed by atoms with Gasteiger partial charge in [-0.05, 0) is 41.6 Å². The third-order valence-electron chi connectivity index (χ3n) is 5.62. The predicted octanol–water partition coefficient (Wildman–Crippen LogP) is 6.68. The normalized spacial score (nSPS) is 11.7. The molecule has 0 bridgehead atoms. The number of fused-ring (bicyclic) bond motifs is 1. The Morgan fingerprint density at radius 2 is 1.76 bits per heavy atom. The van der Waals surface area contributed by atoms with Crippen LogP contribution in [0.5, 0.6) is 11.5 Å². The summed E-state index contributed by atoms with van der Waals surface area (Å²) in [6.45, 7) is 1.71. The molecule has 9 nitrogen and oxygen atoms in total. The van der Waals surface area contributed by atoms with Crippen LogP contribution in [0.25, 0.3) is 10.8 Å². The van der Waals surface area contributed by atoms with Crippen LogP contribution in [0.4, 0.5) is 17.1 Å². The number of anilines is 1. The van der Waals surface area contributed by atoms with E-state index in [-0.39, 0.29) is 28.4 Å². The van der Waals surface area contributed by atoms with Gasteiger partial charge in [-0.15, -0.1) is 10.2 Å². The number of ether oxygens (including phenoxy) is 1. The van der Waals surface area contributed by atoms with Crippen molar-refractivity contribution < 1.29 is 27.6 Å². The van der Waals surface area contributed by atoms with Crippen molar-refractivity contribution in [2.75, 3.05) is 12.4 Å². The van der Waals surface area contributed by atoms with Crippen molar-refractivity contribution in [1.29, 1.82) is 0 Å². The Labute approximate surface area is 218 Å². The number of halogens is 1. The van der Waals surface area contributed by atoms with E-state index < -0.39 is 26.7 Å². The van der Waals surface area contributed by atoms with Crippen LogP contribution in [-0.2, 0) is 16.5 Å². The maximum atomic E-state index is 13.1. The second-order valence-corrected chi connectivity index (χ2v) is 9.71. The predicted molar refractivity (Wildman–Crippen MR) is 141 cm³/mol. The van der Waals surface area contributed by atoms with Crippen LogP contribution in [0.3, 0.4) is 0 Å². The lowest BCUT2D eigenvalue weighted by Crippen LogP contribution is -2.12. The zero-order valence-electron chi connectivity index (χ0n) is 19.8. The van der Waals surface area contributed by atoms with Crippen molar-refractivity contribution >= 4 is 55.5 Å². The molecule has 0 aromatic heterocycles. The highest BCUT2D eigenvalue weighted by Crippen LogP contribution is 2.42. The van der Waals surface area contributed by atoms with Crippen molar-refractivity contribution in [3.05, 3.63) is 82.9 Å². The number of carbonyl (C=O) groups excluding carboxylic acids is 1. The number of phenols is 1. The molecule has 0 spiro atoms. The number of hydrogen-bond acceptors (Lipinski definition) is 7. The van der Waals surface area contributed by atoms with Crippen molar-refractivity contribution in [2.45, 2.75) is 18.2 Å². The first kappa shape index (κ1) is 26.1. The van der Waals surface area contributed by atoms with E-state index in [1.165, 1.54) is 25.3 Å². The standard InChI is InChI=1S/C26H22ClN3O6S/c1-3-15-11-12-21(27)23(25(15)37(33,34)35)30-29-22-19-10-5-4-7-16(19)13-20(24(22)31)26(32)28-17-8-6-9-18(14-17)36-2/h4-14,31H,3H2,1-2H3,(H,28,32)(H,33,34,35). The Bertz CT molecular complexity index is 1650. The molecule has 37 heavy (non-hydrogen) atoms. The minimum atomic E-state index is -4.69. The summed E-state index contributed by atoms with van der Waals surface area (Å²) >= 11 is 6.22. The van der Waals surface area contributed by atoms with E-state index in [2.05, 4.69) is 15.5 Å². The number of amides is 1. The number of aromatic hydroxyl groups is 1. The van der Waals surface area contributed by atoms with Gasteiger partial charge in [0.2, 0.25) is 0 Å². The fraction of sp³-hybridized carbons (Fsp3) is 0.115. The van der Waals surface area contributed by atoms with Crippen LogP contribution in [0, 0.1) is 0 Å². The van der Waals surface area contributed by atoms with E-state index in [1.807, 2.05) is 0 Å². The van der Waals surface area contributed by atoms with E-state index in [9.17, 15) is 22.9 Å². The van der Waals surface area contributed by atoms with Gasteiger partial charge in [-0.2, -0.15) is 8.42 Å². The highest BCUT2D eigenvalue weighted by Gasteiger charge is 2.23. The summed E-state index contributed by atoms with van der Waals surface area (Å²) in [5.74, 6) is -0.549. The first-order valence-corrected chi connectivity index (χ1v) is 12.9. The first-order valence-electron chi connectivity index (χ1n) is 11.0. The number of phenolic OH excluding ortho intramolecular Hbond substituents is 1. The molecule has 0 aliphatic heterocycles. The quantitative estimate of drug-likeness (QED) is 0.177. The Kier molecular flexibility index (Phi) is 7.44. The molecule has 0 saturated heterocycles. The minimum Gasteiger partial charge on any atom is -0.505 e. The highest BCUT2D eigenvalue weighted by atomic mass is 35.5. The summed E-state index contributed by atoms with van der Waals surface area (Å²) in [6.07, 6.45) is 0.281. The number of rotatable bonds is 7. The molecule has 190 valence electrons. The largest absolute Gasteiger partial charge is 0.505 e. The molecule has 4 rings (SSSR count). The smallest absolute Gasteiger partial charge is 0.297 e. The van der Waals surface area contributed by atoms with E-state index in [0.717, 1.165) is 0 Å². The minimum absolute atomic E-state index is 0.0655. The van der Waals surface area contributed by atoms with Crippen LogP contribution >= 0.6 is 11.6 Å². The summed E-state index contributed by atoms with van der Waals surface area (Å²) in [6, 6.07) is 18.0. The molecule has 0 heterocycles. The lowest BCUT2D eigenvalue weighted by atomic mass is 10.0. The zero-order chi connectivity index (χ0) is 26.7. The van der Waals surface area contributed by atoms with Gasteiger partial charge in [-0.3, -0.25) is 9.35 Å². The molecule has 0 fully saturated rings. The highest BCUT2D eigenvalue weighted by molar-refractivity contribution is 7.86. The number of benzene rings is 4. The monoisotopic (exact) mass is 539 g/mol. The van der Waals surface area contributed by atoms with E-state index in [0.29, 0.717) is 27.8 Å². The molecular formula is C26H22ClN3O6S. The van der Waals surface area contributed by atoms with Gasteiger partial charge in [0, 0.05) is 17.1 Å². The van der Waals surface area contributed by atoms with Crippen molar-refractivity contribution in [1.82, 2.24) is 0 Å². The Morgan fingerprint density at radius 1 is 1.03 bits per heavy atom. The lowest BCUT2D eigenvalue weighted by molar-refractivity contribution is 0.102. The van der Waals surface area contributed by atoms with Crippen LogP contribution in [0.15, 0.2) is 81.9 Å². The summed E-state index contributed by atoms with van der Waals surface area (Å²) in [5, 5.41) is 22.9. The average Bonchev–Trinajstić information content (AvgIpc) is 2.87. The van der Waals surface area contributed by atoms with E-state index in [1.54, 1.807) is 55.5 Å². The lowest BCUT2D eigenvalue weighted by Gasteiger charge is -2.12. The second-order valence-electron chi connectivity index (χ2n) is 7.94. The van der Waals surface area contributed by atoms with Crippen molar-refractivity contribution in [3.63, 3.8) is 0 Å². The van der Waals surface area contributed by atoms with Crippen LogP contribution in [0.2, 0.25) is 5.02 Å². The molecule has 0 aliphatic rings. The number of hydrogen-bond donors (Lipinski definition) is 3. The number of nitrogens with one attached hydrogen (secondary N) is 1. The summed E-state index contributed by atoms with van der Waals surface area (Å²) < 4.78 is 39.2. The third-order valence-corrected chi connectivity index (χ3v) is 6.90. The van der Waals surface area contributed by atoms with E-state index >= 15 is 0 Å². The third kappa shape index (κ3) is 5.41. The zero-order valence-corrected chi connectivity index (χ0v) is 21.3. The molecule has 0 saturated carbocycles. The average molecular weight is 540 g/mol. The molecule has 0 unspecified atom stereocenters. The first-order chi connectivity index (χ1) is 17.6. The van der Waals surface area contributed by atoms with Gasteiger partial charge in [-0.1, -0.05) is 54.9 Å². The van der Waals surface area contributed by atoms with Gasteiger partial charge in [0.05, 0.1) is 17.7 Å². The molecule has 1 amide bonds. The molecular weight excluding hydrogens is 518 g/mol. The Morgan fingerprint density at radius 3 is 2.46 bits per heavy atom. The number of carbonyl (C=O) groups is 1. The second kappa shape index (κ2) is 10.6. The van der Waals surface area contributed by atoms with Crippen LogP contribution in [-0.4, -0.2) is 31.1 Å². The van der Waals surface area contributed by atoms with Crippen LogP contribution < -0.4 is 10.1 Å². The molecule has 11 heteroatoms. The topological polar surface area (TPSA) is 138 Å². The molecule has 0 radical (unpaired) electrons. The summed E-state index contributed by atoms with van der Waals surface area (Å²) in [4.78, 5) is 12.6. The van der Waals surface area contributed by atoms with Crippen molar-refractivity contribution in [2.24, 2.45) is 10.2 Å². The van der Waals surface area contributed by atoms with E-state index in [4.69, 9.17) is 16.3 Å². The SMILES string of the molecule is CCc1ccc(Cl)c(N=Nc2c(O)c(C(=O)Nc3cccc(OC)c3)cc3ccccc23)c1S(=O)(=O)O. The van der Waals surface area contributed by atoms with Gasteiger partial charge in [0.15, 0.2) is 5.75 Å². The molecule has 0 aliphatic carbocycles. The number of methoxy groups -OCH3 is 1. The summed E-state index contributed by atoms with van der Waals surface area (Å²) in [7, 11) is -3.19. The fourth-order valence-electron chi connectivity index (χ4n) is 3.84. The number of azo groups is 1. The molecule has 0 atom stereocenters. The maximum absolute atomic E-state index is 13.1. The van der Waals surface area contributed by atoms with Gasteiger partial charge in [0.25, 0.3) is 16.0 Å². The Hall–Kier alpha value is -3.99. The van der Waals surface area contributed by atoms with Crippen molar-refractivity contribution in [3.8, 4) is 11.5 Å². The van der Waals surface area contributed by atoms with Gasteiger partial charge in [0.1, 0.15) is 22.0 Å². The number of aryl methyl sites for hydroxylation is 1. The van der Waals surface area contributed by atoms with Crippen LogP contribution in [0.1, 0.15) is 22.8 Å². The van der Waals surface area contributed by atoms with Gasteiger partial charge < -0.3 is 15.2 Å². The van der Waals surface area contributed by atoms with Gasteiger partial charge in [-0.25, -0.2) is 0 Å². The summed E-state index contributed by atoms with van der Waals surface area (Å²) in [5.41, 5.74) is 0.299. The molecule has 4 aromatic carbocycles. The molecule has 4 aromatic rings. The Balaban J connectivity index is 1.85. The fourth-order valence-corrected chi connectivity index (χ4v) is 5.03. The molecule has 3 N–H and O–H groups in total. The maximum Gasteiger partial charge on any atom is 0.297 e. The van der Waals surface area contributed by atoms with Gasteiger partial charge >= 0.3 is 0 Å².